The molecule has 0 aromatic rings. The van der Waals surface area contributed by atoms with Gasteiger partial charge in [-0.25, -0.2) is 0 Å². The molecule has 3 heterocycles. The second-order valence-corrected chi connectivity index (χ2v) is 11.7. The van der Waals surface area contributed by atoms with E-state index in [1.165, 1.54) is 30.8 Å². The Morgan fingerprint density at radius 2 is 1.56 bits per heavy atom. The first kappa shape index (κ1) is 12.4. The van der Waals surface area contributed by atoms with Crippen molar-refractivity contribution < 1.29 is 0 Å². The average Bonchev–Trinajstić information content (AvgIpc) is 2.38. The van der Waals surface area contributed by atoms with Gasteiger partial charge in [-0.05, 0) is 19.3 Å². The largest absolute Gasteiger partial charge is 0.153 e. The number of thioether (sulfide) groups is 4. The van der Waals surface area contributed by atoms with Gasteiger partial charge in [-0.1, -0.05) is 13.8 Å². The SMILES string of the molecule is CC1CSC23CCC(S1)C(C2)SC(C)CS3. The molecule has 4 fully saturated rings. The quantitative estimate of drug-likeness (QED) is 0.651. The van der Waals surface area contributed by atoms with Crippen molar-refractivity contribution in [2.24, 2.45) is 0 Å². The highest BCUT2D eigenvalue weighted by molar-refractivity contribution is 8.19. The molecule has 0 radical (unpaired) electrons. The minimum absolute atomic E-state index is 0.605. The maximum atomic E-state index is 2.43. The van der Waals surface area contributed by atoms with Crippen LogP contribution in [0.25, 0.3) is 0 Å². The van der Waals surface area contributed by atoms with Gasteiger partial charge in [0, 0.05) is 32.5 Å². The molecule has 1 spiro atoms. The van der Waals surface area contributed by atoms with Gasteiger partial charge in [0.15, 0.2) is 0 Å². The molecule has 0 aromatic heterocycles. The van der Waals surface area contributed by atoms with Gasteiger partial charge in [0.05, 0.1) is 4.08 Å². The smallest absolute Gasteiger partial charge is 0.0623 e. The predicted octanol–water partition coefficient (Wildman–Crippen LogP) is 4.34. The topological polar surface area (TPSA) is 0 Å². The van der Waals surface area contributed by atoms with Gasteiger partial charge in [0.1, 0.15) is 0 Å². The van der Waals surface area contributed by atoms with Gasteiger partial charge in [0.2, 0.25) is 0 Å². The molecule has 5 unspecified atom stereocenters. The Kier molecular flexibility index (Phi) is 3.75. The molecule has 1 saturated carbocycles. The van der Waals surface area contributed by atoms with E-state index in [4.69, 9.17) is 0 Å². The average molecular weight is 293 g/mol. The van der Waals surface area contributed by atoms with E-state index < -0.39 is 0 Å². The monoisotopic (exact) mass is 292 g/mol. The molecule has 0 nitrogen and oxygen atoms in total. The van der Waals surface area contributed by atoms with Crippen molar-refractivity contribution in [3.8, 4) is 0 Å². The first-order valence-corrected chi connectivity index (χ1v) is 10.1. The summed E-state index contributed by atoms with van der Waals surface area (Å²) < 4.78 is 0.605. The van der Waals surface area contributed by atoms with E-state index in [0.717, 1.165) is 21.0 Å². The zero-order valence-electron chi connectivity index (χ0n) is 9.98. The van der Waals surface area contributed by atoms with Crippen LogP contribution in [0, 0.1) is 0 Å². The molecule has 92 valence electrons. The van der Waals surface area contributed by atoms with E-state index in [-0.39, 0.29) is 0 Å². The van der Waals surface area contributed by atoms with Crippen LogP contribution in [0.5, 0.6) is 0 Å². The van der Waals surface area contributed by atoms with Crippen molar-refractivity contribution in [1.82, 2.24) is 0 Å². The summed E-state index contributed by atoms with van der Waals surface area (Å²) in [6.07, 6.45) is 4.41. The summed E-state index contributed by atoms with van der Waals surface area (Å²) in [5.74, 6) is 2.75. The standard InChI is InChI=1S/C12H20S4/c1-8-6-13-12-4-3-10(15-8)11(5-12)16-9(2)7-14-12/h8-11H,3-7H2,1-2H3. The fourth-order valence-electron chi connectivity index (χ4n) is 2.90. The highest BCUT2D eigenvalue weighted by Crippen LogP contribution is 2.58. The Morgan fingerprint density at radius 1 is 0.938 bits per heavy atom. The van der Waals surface area contributed by atoms with Crippen molar-refractivity contribution in [2.75, 3.05) is 11.5 Å². The molecule has 16 heavy (non-hydrogen) atoms. The maximum Gasteiger partial charge on any atom is 0.0623 e. The third-order valence-electron chi connectivity index (χ3n) is 3.71. The molecule has 4 rings (SSSR count). The summed E-state index contributed by atoms with van der Waals surface area (Å²) in [7, 11) is 0. The Labute approximate surface area is 116 Å². The molecule has 5 atom stereocenters. The molecule has 4 aliphatic rings. The van der Waals surface area contributed by atoms with E-state index in [2.05, 4.69) is 60.9 Å². The molecule has 3 bridgehead atoms. The zero-order chi connectivity index (χ0) is 11.2. The van der Waals surface area contributed by atoms with Crippen molar-refractivity contribution in [1.29, 1.82) is 0 Å². The lowest BCUT2D eigenvalue weighted by Gasteiger charge is -2.45. The Bertz CT molecular complexity index is 268. The summed E-state index contributed by atoms with van der Waals surface area (Å²) >= 11 is 9.15. The number of rotatable bonds is 0. The molecular weight excluding hydrogens is 272 g/mol. The lowest BCUT2D eigenvalue weighted by molar-refractivity contribution is 0.511. The second-order valence-electron chi connectivity index (χ2n) is 5.25. The number of hydrogen-bond acceptors (Lipinski definition) is 4. The molecule has 0 N–H and O–H groups in total. The van der Waals surface area contributed by atoms with Crippen LogP contribution in [0.15, 0.2) is 0 Å². The lowest BCUT2D eigenvalue weighted by atomic mass is 9.98. The maximum absolute atomic E-state index is 2.43. The first-order chi connectivity index (χ1) is 7.67. The Hall–Kier alpha value is 1.40. The minimum atomic E-state index is 0.605. The third-order valence-corrected chi connectivity index (χ3v) is 11.2. The van der Waals surface area contributed by atoms with Crippen LogP contribution in [0.2, 0.25) is 0 Å². The third kappa shape index (κ3) is 2.41. The van der Waals surface area contributed by atoms with Crippen LogP contribution in [0.4, 0.5) is 0 Å². The minimum Gasteiger partial charge on any atom is -0.153 e. The van der Waals surface area contributed by atoms with Gasteiger partial charge in [-0.2, -0.15) is 23.5 Å². The van der Waals surface area contributed by atoms with Crippen molar-refractivity contribution in [2.45, 2.75) is 58.2 Å². The van der Waals surface area contributed by atoms with Gasteiger partial charge in [-0.15, -0.1) is 23.5 Å². The molecular formula is C12H20S4. The van der Waals surface area contributed by atoms with Gasteiger partial charge in [-0.3, -0.25) is 0 Å². The lowest BCUT2D eigenvalue weighted by Crippen LogP contribution is -2.40. The summed E-state index contributed by atoms with van der Waals surface area (Å²) in [4.78, 5) is 0. The normalized spacial score (nSPS) is 52.9. The Morgan fingerprint density at radius 3 is 2.25 bits per heavy atom. The van der Waals surface area contributed by atoms with E-state index >= 15 is 0 Å². The second kappa shape index (κ2) is 4.82. The van der Waals surface area contributed by atoms with Crippen molar-refractivity contribution in [3.05, 3.63) is 0 Å². The molecule has 3 saturated heterocycles. The number of hydrogen-bond donors (Lipinski definition) is 0. The zero-order valence-corrected chi connectivity index (χ0v) is 13.2. The fourth-order valence-corrected chi connectivity index (χ4v) is 9.88. The summed E-state index contributed by atoms with van der Waals surface area (Å²) in [5, 5.41) is 3.63. The first-order valence-electron chi connectivity index (χ1n) is 6.26. The van der Waals surface area contributed by atoms with E-state index in [1.54, 1.807) is 0 Å². The predicted molar refractivity (Wildman–Crippen MR) is 83.2 cm³/mol. The molecule has 3 aliphatic heterocycles. The van der Waals surface area contributed by atoms with Crippen molar-refractivity contribution >= 4 is 47.0 Å². The molecule has 1 aliphatic carbocycles. The van der Waals surface area contributed by atoms with Gasteiger partial charge in [0.25, 0.3) is 0 Å². The van der Waals surface area contributed by atoms with Gasteiger partial charge >= 0.3 is 0 Å². The summed E-state index contributed by atoms with van der Waals surface area (Å²) in [5.41, 5.74) is 0. The van der Waals surface area contributed by atoms with Crippen LogP contribution in [0.3, 0.4) is 0 Å². The van der Waals surface area contributed by atoms with Crippen LogP contribution in [-0.4, -0.2) is 36.6 Å². The number of fused-ring (bicyclic) bond motifs is 4. The highest BCUT2D eigenvalue weighted by Gasteiger charge is 2.47. The highest BCUT2D eigenvalue weighted by atomic mass is 32.2. The molecule has 0 amide bonds. The van der Waals surface area contributed by atoms with E-state index in [9.17, 15) is 0 Å². The van der Waals surface area contributed by atoms with Crippen LogP contribution in [-0.2, 0) is 0 Å². The van der Waals surface area contributed by atoms with Crippen molar-refractivity contribution in [3.63, 3.8) is 0 Å². The molecule has 4 heteroatoms. The summed E-state index contributed by atoms with van der Waals surface area (Å²) in [6, 6.07) is 0. The Balaban J connectivity index is 1.87. The fraction of sp³-hybridized carbons (Fsp3) is 1.00. The van der Waals surface area contributed by atoms with Crippen LogP contribution < -0.4 is 0 Å². The van der Waals surface area contributed by atoms with E-state index in [0.29, 0.717) is 4.08 Å². The van der Waals surface area contributed by atoms with Crippen LogP contribution >= 0.6 is 47.0 Å². The molecule has 0 aromatic carbocycles. The van der Waals surface area contributed by atoms with Crippen LogP contribution in [0.1, 0.15) is 33.1 Å². The van der Waals surface area contributed by atoms with Gasteiger partial charge < -0.3 is 0 Å². The van der Waals surface area contributed by atoms with E-state index in [1.807, 2.05) is 0 Å². The summed E-state index contributed by atoms with van der Waals surface area (Å²) in [6.45, 7) is 4.86.